The van der Waals surface area contributed by atoms with Crippen molar-refractivity contribution >= 4 is 12.6 Å². The highest BCUT2D eigenvalue weighted by atomic mass is 16.5. The minimum absolute atomic E-state index is 0.436. The monoisotopic (exact) mass is 194 g/mol. The third kappa shape index (κ3) is 1.90. The van der Waals surface area contributed by atoms with Crippen LogP contribution in [-0.4, -0.2) is 30.4 Å². The van der Waals surface area contributed by atoms with Crippen molar-refractivity contribution in [3.8, 4) is 5.75 Å². The molecule has 0 atom stereocenters. The highest BCUT2D eigenvalue weighted by Crippen LogP contribution is 2.19. The van der Waals surface area contributed by atoms with E-state index >= 15 is 0 Å². The van der Waals surface area contributed by atoms with Crippen LogP contribution in [0.5, 0.6) is 5.75 Å². The predicted octanol–water partition coefficient (Wildman–Crippen LogP) is -0.725. The Balaban J connectivity index is 2.32. The zero-order valence-corrected chi connectivity index (χ0v) is 7.64. The molecule has 1 aliphatic rings. The van der Waals surface area contributed by atoms with Crippen LogP contribution < -0.4 is 10.2 Å². The Hall–Kier alpha value is -1.04. The SMILES string of the molecule is OB(O)c1ccc2c(c1)OCCOC2. The topological polar surface area (TPSA) is 58.9 Å². The molecule has 74 valence electrons. The van der Waals surface area contributed by atoms with Crippen LogP contribution in [0, 0.1) is 0 Å². The molecule has 14 heavy (non-hydrogen) atoms. The van der Waals surface area contributed by atoms with E-state index in [2.05, 4.69) is 0 Å². The molecule has 0 aliphatic carbocycles. The van der Waals surface area contributed by atoms with Gasteiger partial charge in [-0.25, -0.2) is 0 Å². The van der Waals surface area contributed by atoms with E-state index in [1.54, 1.807) is 18.2 Å². The average molecular weight is 194 g/mol. The number of fused-ring (bicyclic) bond motifs is 1. The lowest BCUT2D eigenvalue weighted by Crippen LogP contribution is -2.29. The molecular weight excluding hydrogens is 183 g/mol. The third-order valence-electron chi connectivity index (χ3n) is 2.13. The van der Waals surface area contributed by atoms with E-state index in [-0.39, 0.29) is 0 Å². The van der Waals surface area contributed by atoms with Gasteiger partial charge < -0.3 is 19.5 Å². The van der Waals surface area contributed by atoms with Crippen molar-refractivity contribution in [1.82, 2.24) is 0 Å². The van der Waals surface area contributed by atoms with Gasteiger partial charge in [0.15, 0.2) is 0 Å². The molecule has 0 fully saturated rings. The van der Waals surface area contributed by atoms with Crippen LogP contribution in [0.15, 0.2) is 18.2 Å². The Bertz CT molecular complexity index is 327. The van der Waals surface area contributed by atoms with E-state index in [0.29, 0.717) is 31.0 Å². The molecule has 2 rings (SSSR count). The first-order chi connectivity index (χ1) is 6.77. The van der Waals surface area contributed by atoms with Gasteiger partial charge in [0.1, 0.15) is 12.4 Å². The van der Waals surface area contributed by atoms with E-state index in [1.807, 2.05) is 0 Å². The maximum atomic E-state index is 8.96. The number of hydrogen-bond acceptors (Lipinski definition) is 4. The summed E-state index contributed by atoms with van der Waals surface area (Å²) < 4.78 is 10.7. The van der Waals surface area contributed by atoms with Crippen LogP contribution in [0.3, 0.4) is 0 Å². The molecule has 1 aromatic carbocycles. The number of ether oxygens (including phenoxy) is 2. The first kappa shape index (κ1) is 9.52. The van der Waals surface area contributed by atoms with E-state index in [1.165, 1.54) is 0 Å². The Kier molecular flexibility index (Phi) is 2.72. The highest BCUT2D eigenvalue weighted by Gasteiger charge is 2.15. The zero-order valence-electron chi connectivity index (χ0n) is 7.64. The summed E-state index contributed by atoms with van der Waals surface area (Å²) in [5, 5.41) is 17.9. The van der Waals surface area contributed by atoms with E-state index < -0.39 is 7.12 Å². The van der Waals surface area contributed by atoms with Crippen LogP contribution in [-0.2, 0) is 11.3 Å². The molecule has 1 aliphatic heterocycles. The van der Waals surface area contributed by atoms with Crippen molar-refractivity contribution in [1.29, 1.82) is 0 Å². The molecule has 0 spiro atoms. The van der Waals surface area contributed by atoms with Crippen molar-refractivity contribution in [2.45, 2.75) is 6.61 Å². The van der Waals surface area contributed by atoms with E-state index in [4.69, 9.17) is 19.5 Å². The molecule has 0 unspecified atom stereocenters. The maximum Gasteiger partial charge on any atom is 0.488 e. The highest BCUT2D eigenvalue weighted by molar-refractivity contribution is 6.58. The molecule has 0 aromatic heterocycles. The lowest BCUT2D eigenvalue weighted by Gasteiger charge is -2.07. The van der Waals surface area contributed by atoms with Gasteiger partial charge in [-0.05, 0) is 11.5 Å². The van der Waals surface area contributed by atoms with Crippen molar-refractivity contribution in [3.05, 3.63) is 23.8 Å². The van der Waals surface area contributed by atoms with Gasteiger partial charge in [-0.1, -0.05) is 12.1 Å². The minimum Gasteiger partial charge on any atom is -0.491 e. The number of benzene rings is 1. The Morgan fingerprint density at radius 3 is 2.86 bits per heavy atom. The first-order valence-electron chi connectivity index (χ1n) is 4.47. The molecular formula is C9H11BO4. The van der Waals surface area contributed by atoms with E-state index in [9.17, 15) is 0 Å². The molecule has 4 nitrogen and oxygen atoms in total. The normalized spacial score (nSPS) is 15.3. The smallest absolute Gasteiger partial charge is 0.488 e. The maximum absolute atomic E-state index is 8.96. The summed E-state index contributed by atoms with van der Waals surface area (Å²) in [6, 6.07) is 5.08. The Morgan fingerprint density at radius 2 is 2.07 bits per heavy atom. The molecule has 5 heteroatoms. The molecule has 0 saturated heterocycles. The van der Waals surface area contributed by atoms with Crippen LogP contribution in [0.2, 0.25) is 0 Å². The van der Waals surface area contributed by atoms with Gasteiger partial charge >= 0.3 is 7.12 Å². The molecule has 1 aromatic rings. The van der Waals surface area contributed by atoms with E-state index in [0.717, 1.165) is 5.56 Å². The first-order valence-corrected chi connectivity index (χ1v) is 4.47. The van der Waals surface area contributed by atoms with Crippen molar-refractivity contribution in [2.24, 2.45) is 0 Å². The van der Waals surface area contributed by atoms with Crippen LogP contribution in [0.4, 0.5) is 0 Å². The molecule has 0 bridgehead atoms. The van der Waals surface area contributed by atoms with Crippen LogP contribution in [0.1, 0.15) is 5.56 Å². The van der Waals surface area contributed by atoms with Crippen LogP contribution >= 0.6 is 0 Å². The van der Waals surface area contributed by atoms with Crippen LogP contribution in [0.25, 0.3) is 0 Å². The zero-order chi connectivity index (χ0) is 9.97. The lowest BCUT2D eigenvalue weighted by atomic mass is 9.80. The third-order valence-corrected chi connectivity index (χ3v) is 2.13. The molecule has 2 N–H and O–H groups in total. The van der Waals surface area contributed by atoms with Gasteiger partial charge in [0.25, 0.3) is 0 Å². The van der Waals surface area contributed by atoms with Gasteiger partial charge in [0.05, 0.1) is 13.2 Å². The fraction of sp³-hybridized carbons (Fsp3) is 0.333. The molecule has 0 radical (unpaired) electrons. The summed E-state index contributed by atoms with van der Waals surface area (Å²) in [7, 11) is -1.45. The standard InChI is InChI=1S/C9H11BO4/c11-10(12)8-2-1-7-6-13-3-4-14-9(7)5-8/h1-2,5,11-12H,3-4,6H2. The molecule has 1 heterocycles. The fourth-order valence-electron chi connectivity index (χ4n) is 1.38. The second-order valence-electron chi connectivity index (χ2n) is 3.14. The summed E-state index contributed by atoms with van der Waals surface area (Å²) in [4.78, 5) is 0. The number of rotatable bonds is 1. The second kappa shape index (κ2) is 4.00. The summed E-state index contributed by atoms with van der Waals surface area (Å²) in [6.45, 7) is 1.57. The molecule has 0 amide bonds. The van der Waals surface area contributed by atoms with Gasteiger partial charge in [-0.3, -0.25) is 0 Å². The van der Waals surface area contributed by atoms with Gasteiger partial charge in [0, 0.05) is 5.56 Å². The molecule has 0 saturated carbocycles. The minimum atomic E-state index is -1.45. The summed E-state index contributed by atoms with van der Waals surface area (Å²) in [5.41, 5.74) is 1.37. The average Bonchev–Trinajstić information content (AvgIpc) is 2.41. The summed E-state index contributed by atoms with van der Waals surface area (Å²) in [5.74, 6) is 0.674. The second-order valence-corrected chi connectivity index (χ2v) is 3.14. The van der Waals surface area contributed by atoms with Crippen molar-refractivity contribution in [2.75, 3.05) is 13.2 Å². The Morgan fingerprint density at radius 1 is 1.21 bits per heavy atom. The van der Waals surface area contributed by atoms with Gasteiger partial charge in [-0.15, -0.1) is 0 Å². The summed E-state index contributed by atoms with van der Waals surface area (Å²) >= 11 is 0. The van der Waals surface area contributed by atoms with Crippen molar-refractivity contribution < 1.29 is 19.5 Å². The van der Waals surface area contributed by atoms with Gasteiger partial charge in [-0.2, -0.15) is 0 Å². The number of hydrogen-bond donors (Lipinski definition) is 2. The largest absolute Gasteiger partial charge is 0.491 e. The Labute approximate surface area is 82.2 Å². The summed E-state index contributed by atoms with van der Waals surface area (Å²) in [6.07, 6.45) is 0. The quantitative estimate of drug-likeness (QED) is 0.579. The predicted molar refractivity (Wildman–Crippen MR) is 51.4 cm³/mol. The lowest BCUT2D eigenvalue weighted by molar-refractivity contribution is 0.107. The van der Waals surface area contributed by atoms with Crippen molar-refractivity contribution in [3.63, 3.8) is 0 Å². The fourth-order valence-corrected chi connectivity index (χ4v) is 1.38. The van der Waals surface area contributed by atoms with Gasteiger partial charge in [0.2, 0.25) is 0 Å².